The summed E-state index contributed by atoms with van der Waals surface area (Å²) in [5.41, 5.74) is 5.48. The molecule has 2 aliphatic rings. The summed E-state index contributed by atoms with van der Waals surface area (Å²) in [4.78, 5) is 24.8. The zero-order valence-electron chi connectivity index (χ0n) is 15.4. The van der Waals surface area contributed by atoms with Gasteiger partial charge in [-0.15, -0.1) is 0 Å². The molecule has 0 aliphatic carbocycles. The molecule has 2 aliphatic heterocycles. The van der Waals surface area contributed by atoms with Crippen molar-refractivity contribution in [2.45, 2.75) is 31.7 Å². The predicted octanol–water partition coefficient (Wildman–Crippen LogP) is 3.42. The lowest BCUT2D eigenvalue weighted by Gasteiger charge is -2.39. The summed E-state index contributed by atoms with van der Waals surface area (Å²) in [5, 5.41) is 3.08. The highest BCUT2D eigenvalue weighted by molar-refractivity contribution is 6.06. The number of nitrogens with zero attached hydrogens (tertiary/aromatic N) is 3. The summed E-state index contributed by atoms with van der Waals surface area (Å²) in [7, 11) is 0. The van der Waals surface area contributed by atoms with Crippen LogP contribution in [0.5, 0.6) is 0 Å². The minimum atomic E-state index is -0.437. The first-order chi connectivity index (χ1) is 13.2. The number of carbonyl (C=O) groups is 1. The standard InChI is InChI=1S/C22H22N4O/c1-15-20(24-19-10-5-4-9-18(19)23-15)13-26-12-6-11-22(14-26)16-7-2-3-8-17(16)25-21(22)27/h2-5,7-10H,6,11-14H2,1H3,(H,25,27). The van der Waals surface area contributed by atoms with Crippen LogP contribution in [0.3, 0.4) is 0 Å². The van der Waals surface area contributed by atoms with E-state index in [0.29, 0.717) is 0 Å². The third kappa shape index (κ3) is 2.61. The minimum absolute atomic E-state index is 0.134. The lowest BCUT2D eigenvalue weighted by Crippen LogP contribution is -2.49. The molecule has 1 saturated heterocycles. The van der Waals surface area contributed by atoms with Gasteiger partial charge in [-0.1, -0.05) is 30.3 Å². The Labute approximate surface area is 158 Å². The number of rotatable bonds is 2. The monoisotopic (exact) mass is 358 g/mol. The van der Waals surface area contributed by atoms with Crippen LogP contribution in [0, 0.1) is 6.92 Å². The van der Waals surface area contributed by atoms with Crippen LogP contribution in [0.2, 0.25) is 0 Å². The van der Waals surface area contributed by atoms with Gasteiger partial charge in [0, 0.05) is 18.8 Å². The third-order valence-electron chi connectivity index (χ3n) is 5.91. The van der Waals surface area contributed by atoms with Crippen molar-refractivity contribution in [2.75, 3.05) is 18.4 Å². The van der Waals surface area contributed by atoms with Gasteiger partial charge in [-0.3, -0.25) is 9.69 Å². The van der Waals surface area contributed by atoms with Crippen LogP contribution in [-0.4, -0.2) is 33.9 Å². The molecule has 1 unspecified atom stereocenters. The maximum Gasteiger partial charge on any atom is 0.236 e. The molecule has 1 spiro atoms. The van der Waals surface area contributed by atoms with E-state index in [-0.39, 0.29) is 5.91 Å². The van der Waals surface area contributed by atoms with Crippen molar-refractivity contribution in [3.63, 3.8) is 0 Å². The second-order valence-electron chi connectivity index (χ2n) is 7.64. The molecule has 1 aromatic heterocycles. The van der Waals surface area contributed by atoms with Crippen molar-refractivity contribution in [2.24, 2.45) is 0 Å². The minimum Gasteiger partial charge on any atom is -0.325 e. The maximum atomic E-state index is 12.9. The third-order valence-corrected chi connectivity index (χ3v) is 5.91. The predicted molar refractivity (Wildman–Crippen MR) is 106 cm³/mol. The second-order valence-corrected chi connectivity index (χ2v) is 7.64. The van der Waals surface area contributed by atoms with Crippen LogP contribution in [0.1, 0.15) is 29.8 Å². The molecule has 1 amide bonds. The summed E-state index contributed by atoms with van der Waals surface area (Å²) in [5.74, 6) is 0.134. The molecule has 3 heterocycles. The lowest BCUT2D eigenvalue weighted by atomic mass is 9.75. The SMILES string of the molecule is Cc1nc2ccccc2nc1CN1CCCC2(C1)C(=O)Nc1ccccc12. The fourth-order valence-electron chi connectivity index (χ4n) is 4.54. The van der Waals surface area contributed by atoms with Gasteiger partial charge in [0.1, 0.15) is 0 Å². The molecular weight excluding hydrogens is 336 g/mol. The Hall–Kier alpha value is -2.79. The number of aryl methyl sites for hydroxylation is 1. The molecule has 5 heteroatoms. The van der Waals surface area contributed by atoms with Crippen molar-refractivity contribution in [1.82, 2.24) is 14.9 Å². The number of fused-ring (bicyclic) bond motifs is 3. The van der Waals surface area contributed by atoms with Crippen LogP contribution in [0.25, 0.3) is 11.0 Å². The Kier molecular flexibility index (Phi) is 3.72. The van der Waals surface area contributed by atoms with E-state index in [1.54, 1.807) is 0 Å². The highest BCUT2D eigenvalue weighted by Gasteiger charge is 2.48. The molecule has 3 aromatic rings. The first-order valence-electron chi connectivity index (χ1n) is 9.51. The number of benzene rings is 2. The quantitative estimate of drug-likeness (QED) is 0.763. The number of piperidine rings is 1. The number of amides is 1. The number of para-hydroxylation sites is 3. The number of likely N-dealkylation sites (tertiary alicyclic amines) is 1. The smallest absolute Gasteiger partial charge is 0.236 e. The van der Waals surface area contributed by atoms with E-state index in [9.17, 15) is 4.79 Å². The first-order valence-corrected chi connectivity index (χ1v) is 9.51. The summed E-state index contributed by atoms with van der Waals surface area (Å²) in [6.07, 6.45) is 1.90. The van der Waals surface area contributed by atoms with Crippen molar-refractivity contribution < 1.29 is 4.79 Å². The van der Waals surface area contributed by atoms with Crippen LogP contribution in [0.4, 0.5) is 5.69 Å². The Balaban J connectivity index is 1.46. The van der Waals surface area contributed by atoms with Crippen LogP contribution in [0.15, 0.2) is 48.5 Å². The molecule has 0 saturated carbocycles. The number of hydrogen-bond acceptors (Lipinski definition) is 4. The topological polar surface area (TPSA) is 58.1 Å². The van der Waals surface area contributed by atoms with E-state index in [1.165, 1.54) is 0 Å². The van der Waals surface area contributed by atoms with E-state index in [4.69, 9.17) is 9.97 Å². The Morgan fingerprint density at radius 2 is 1.81 bits per heavy atom. The van der Waals surface area contributed by atoms with Gasteiger partial charge < -0.3 is 5.32 Å². The van der Waals surface area contributed by atoms with Crippen molar-refractivity contribution in [1.29, 1.82) is 0 Å². The normalized spacial score (nSPS) is 22.2. The van der Waals surface area contributed by atoms with E-state index in [0.717, 1.165) is 66.1 Å². The van der Waals surface area contributed by atoms with E-state index < -0.39 is 5.41 Å². The van der Waals surface area contributed by atoms with Gasteiger partial charge in [0.15, 0.2) is 0 Å². The van der Waals surface area contributed by atoms with Crippen molar-refractivity contribution in [3.05, 3.63) is 65.5 Å². The summed E-state index contributed by atoms with van der Waals surface area (Å²) >= 11 is 0. The molecular formula is C22H22N4O. The molecule has 1 fully saturated rings. The van der Waals surface area contributed by atoms with Crippen molar-refractivity contribution in [3.8, 4) is 0 Å². The van der Waals surface area contributed by atoms with Gasteiger partial charge in [-0.05, 0) is 50.1 Å². The fraction of sp³-hybridized carbons (Fsp3) is 0.318. The molecule has 27 heavy (non-hydrogen) atoms. The maximum absolute atomic E-state index is 12.9. The number of aromatic nitrogens is 2. The number of nitrogens with one attached hydrogen (secondary N) is 1. The van der Waals surface area contributed by atoms with Gasteiger partial charge in [0.25, 0.3) is 0 Å². The van der Waals surface area contributed by atoms with Gasteiger partial charge in [-0.2, -0.15) is 0 Å². The molecule has 5 rings (SSSR count). The summed E-state index contributed by atoms with van der Waals surface area (Å²) in [6.45, 7) is 4.45. The van der Waals surface area contributed by atoms with Crippen LogP contribution >= 0.6 is 0 Å². The summed E-state index contributed by atoms with van der Waals surface area (Å²) in [6, 6.07) is 16.1. The van der Waals surface area contributed by atoms with Gasteiger partial charge in [-0.25, -0.2) is 9.97 Å². The molecule has 0 bridgehead atoms. The Morgan fingerprint density at radius 1 is 1.07 bits per heavy atom. The average Bonchev–Trinajstić information content (AvgIpc) is 2.94. The van der Waals surface area contributed by atoms with Gasteiger partial charge in [0.2, 0.25) is 5.91 Å². The van der Waals surface area contributed by atoms with E-state index in [2.05, 4.69) is 16.3 Å². The molecule has 2 aromatic carbocycles. The van der Waals surface area contributed by atoms with E-state index in [1.807, 2.05) is 49.4 Å². The van der Waals surface area contributed by atoms with Crippen LogP contribution < -0.4 is 5.32 Å². The highest BCUT2D eigenvalue weighted by Crippen LogP contribution is 2.43. The number of carbonyl (C=O) groups excluding carboxylic acids is 1. The first kappa shape index (κ1) is 16.4. The van der Waals surface area contributed by atoms with Gasteiger partial charge >= 0.3 is 0 Å². The lowest BCUT2D eigenvalue weighted by molar-refractivity contribution is -0.122. The molecule has 5 nitrogen and oxygen atoms in total. The molecule has 1 atom stereocenters. The Bertz CT molecular complexity index is 1050. The number of hydrogen-bond donors (Lipinski definition) is 1. The Morgan fingerprint density at radius 3 is 2.67 bits per heavy atom. The zero-order chi connectivity index (χ0) is 18.4. The zero-order valence-corrected chi connectivity index (χ0v) is 15.4. The molecule has 136 valence electrons. The number of anilines is 1. The average molecular weight is 358 g/mol. The summed E-state index contributed by atoms with van der Waals surface area (Å²) < 4.78 is 0. The highest BCUT2D eigenvalue weighted by atomic mass is 16.2. The molecule has 0 radical (unpaired) electrons. The van der Waals surface area contributed by atoms with Gasteiger partial charge in [0.05, 0.1) is 27.8 Å². The second kappa shape index (κ2) is 6.13. The largest absolute Gasteiger partial charge is 0.325 e. The van der Waals surface area contributed by atoms with Crippen LogP contribution in [-0.2, 0) is 16.8 Å². The van der Waals surface area contributed by atoms with E-state index >= 15 is 0 Å². The molecule has 1 N–H and O–H groups in total. The van der Waals surface area contributed by atoms with Crippen molar-refractivity contribution >= 4 is 22.6 Å². The fourth-order valence-corrected chi connectivity index (χ4v) is 4.54.